The molecule has 0 saturated carbocycles. The van der Waals surface area contributed by atoms with E-state index >= 15 is 0 Å². The second-order valence-corrected chi connectivity index (χ2v) is 8.67. The van der Waals surface area contributed by atoms with Gasteiger partial charge in [-0.2, -0.15) is 0 Å². The molecule has 4 heterocycles. The monoisotopic (exact) mass is 459 g/mol. The highest BCUT2D eigenvalue weighted by atomic mass is 35.5. The van der Waals surface area contributed by atoms with Gasteiger partial charge in [-0.25, -0.2) is 0 Å². The molecular formula is C25H22ClN5S. The highest BCUT2D eigenvalue weighted by Crippen LogP contribution is 2.43. The van der Waals surface area contributed by atoms with E-state index in [1.807, 2.05) is 60.9 Å². The van der Waals surface area contributed by atoms with Gasteiger partial charge in [0.05, 0.1) is 29.7 Å². The Morgan fingerprint density at radius 3 is 2.47 bits per heavy atom. The summed E-state index contributed by atoms with van der Waals surface area (Å²) in [5, 5.41) is 4.88. The normalized spacial score (nSPS) is 18.1. The van der Waals surface area contributed by atoms with E-state index in [1.54, 1.807) is 6.20 Å². The van der Waals surface area contributed by atoms with E-state index in [1.165, 1.54) is 5.56 Å². The van der Waals surface area contributed by atoms with Gasteiger partial charge in [-0.3, -0.25) is 9.97 Å². The summed E-state index contributed by atoms with van der Waals surface area (Å²) in [5.74, 6) is 0. The number of hydrogen-bond acceptors (Lipinski definition) is 3. The molecular weight excluding hydrogens is 438 g/mol. The van der Waals surface area contributed by atoms with Crippen LogP contribution in [0.5, 0.6) is 0 Å². The number of anilines is 1. The van der Waals surface area contributed by atoms with E-state index in [9.17, 15) is 0 Å². The zero-order valence-corrected chi connectivity index (χ0v) is 19.3. The highest BCUT2D eigenvalue weighted by Gasteiger charge is 2.42. The van der Waals surface area contributed by atoms with Crippen molar-refractivity contribution in [2.45, 2.75) is 25.9 Å². The molecule has 1 N–H and O–H groups in total. The third kappa shape index (κ3) is 3.55. The van der Waals surface area contributed by atoms with Crippen molar-refractivity contribution >= 4 is 34.6 Å². The number of aromatic nitrogens is 3. The highest BCUT2D eigenvalue weighted by molar-refractivity contribution is 7.80. The Labute approximate surface area is 197 Å². The molecule has 3 aromatic heterocycles. The van der Waals surface area contributed by atoms with Crippen LogP contribution in [0.3, 0.4) is 0 Å². The summed E-state index contributed by atoms with van der Waals surface area (Å²) in [7, 11) is 0. The smallest absolute Gasteiger partial charge is 0.174 e. The lowest BCUT2D eigenvalue weighted by molar-refractivity contribution is 0.565. The van der Waals surface area contributed by atoms with Gasteiger partial charge in [-0.15, -0.1) is 0 Å². The maximum atomic E-state index is 6.16. The molecule has 0 spiro atoms. The molecule has 0 amide bonds. The quantitative estimate of drug-likeness (QED) is 0.396. The van der Waals surface area contributed by atoms with Crippen molar-refractivity contribution in [3.8, 4) is 5.69 Å². The van der Waals surface area contributed by atoms with Gasteiger partial charge in [0, 0.05) is 34.5 Å². The van der Waals surface area contributed by atoms with Crippen molar-refractivity contribution in [2.75, 3.05) is 4.90 Å². The van der Waals surface area contributed by atoms with E-state index in [0.29, 0.717) is 10.1 Å². The summed E-state index contributed by atoms with van der Waals surface area (Å²) in [5.41, 5.74) is 6.44. The Kier molecular flexibility index (Phi) is 5.41. The van der Waals surface area contributed by atoms with E-state index in [0.717, 1.165) is 28.5 Å². The number of benzene rings is 1. The first-order valence-corrected chi connectivity index (χ1v) is 11.2. The second kappa shape index (κ2) is 8.37. The molecule has 5 nitrogen and oxygen atoms in total. The SMILES string of the molecule is Cc1cc(C2C(c3ccccn3)NC(=S)N2c2ccc(Cl)cc2)c(C)n1-c1cccnc1. The number of nitrogens with zero attached hydrogens (tertiary/aromatic N) is 4. The van der Waals surface area contributed by atoms with Gasteiger partial charge in [0.1, 0.15) is 0 Å². The largest absolute Gasteiger partial charge is 0.351 e. The van der Waals surface area contributed by atoms with Crippen molar-refractivity contribution in [3.63, 3.8) is 0 Å². The fourth-order valence-electron chi connectivity index (χ4n) is 4.52. The maximum Gasteiger partial charge on any atom is 0.174 e. The van der Waals surface area contributed by atoms with Gasteiger partial charge >= 0.3 is 0 Å². The number of aryl methyl sites for hydroxylation is 1. The number of rotatable bonds is 4. The van der Waals surface area contributed by atoms with Gasteiger partial charge in [0.15, 0.2) is 5.11 Å². The first-order valence-electron chi connectivity index (χ1n) is 10.4. The van der Waals surface area contributed by atoms with Crippen LogP contribution in [0.1, 0.15) is 34.7 Å². The molecule has 5 rings (SSSR count). The Bertz CT molecular complexity index is 1260. The molecule has 4 aromatic rings. The topological polar surface area (TPSA) is 46.0 Å². The second-order valence-electron chi connectivity index (χ2n) is 7.85. The van der Waals surface area contributed by atoms with Crippen LogP contribution in [0.2, 0.25) is 5.02 Å². The molecule has 2 unspecified atom stereocenters. The lowest BCUT2D eigenvalue weighted by atomic mass is 9.96. The van der Waals surface area contributed by atoms with Gasteiger partial charge < -0.3 is 14.8 Å². The molecule has 0 bridgehead atoms. The minimum Gasteiger partial charge on any atom is -0.351 e. The average molecular weight is 460 g/mol. The Morgan fingerprint density at radius 2 is 1.78 bits per heavy atom. The Morgan fingerprint density at radius 1 is 0.969 bits per heavy atom. The Balaban J connectivity index is 1.68. The first kappa shape index (κ1) is 20.7. The molecule has 0 radical (unpaired) electrons. The summed E-state index contributed by atoms with van der Waals surface area (Å²) in [6.45, 7) is 4.26. The fourth-order valence-corrected chi connectivity index (χ4v) is 4.99. The van der Waals surface area contributed by atoms with Crippen molar-refractivity contribution in [1.82, 2.24) is 19.9 Å². The van der Waals surface area contributed by atoms with Gasteiger partial charge in [0.2, 0.25) is 0 Å². The molecule has 160 valence electrons. The van der Waals surface area contributed by atoms with Gasteiger partial charge in [-0.05, 0) is 86.2 Å². The minimum atomic E-state index is -0.0952. The van der Waals surface area contributed by atoms with Crippen molar-refractivity contribution < 1.29 is 0 Å². The number of halogens is 1. The number of pyridine rings is 2. The van der Waals surface area contributed by atoms with Gasteiger partial charge in [-0.1, -0.05) is 17.7 Å². The van der Waals surface area contributed by atoms with E-state index in [2.05, 4.69) is 50.7 Å². The standard InChI is InChI=1S/C25H22ClN5S/c1-16-14-21(17(2)30(16)20-6-5-12-27-15-20)24-23(22-7-3-4-13-28-22)29-25(32)31(24)19-10-8-18(26)9-11-19/h3-15,23-24H,1-2H3,(H,29,32). The van der Waals surface area contributed by atoms with Crippen molar-refractivity contribution in [3.05, 3.63) is 107 Å². The zero-order valence-electron chi connectivity index (χ0n) is 17.7. The van der Waals surface area contributed by atoms with Crippen LogP contribution in [0.4, 0.5) is 5.69 Å². The van der Waals surface area contributed by atoms with Crippen LogP contribution < -0.4 is 10.2 Å². The number of thiocarbonyl (C=S) groups is 1. The predicted molar refractivity (Wildman–Crippen MR) is 132 cm³/mol. The molecule has 1 aliphatic rings. The molecule has 1 aromatic carbocycles. The third-order valence-electron chi connectivity index (χ3n) is 5.90. The minimum absolute atomic E-state index is 0.0739. The van der Waals surface area contributed by atoms with Crippen LogP contribution >= 0.6 is 23.8 Å². The molecule has 2 atom stereocenters. The molecule has 1 saturated heterocycles. The number of nitrogens with one attached hydrogen (secondary N) is 1. The van der Waals surface area contributed by atoms with E-state index in [-0.39, 0.29) is 12.1 Å². The predicted octanol–water partition coefficient (Wildman–Crippen LogP) is 5.71. The van der Waals surface area contributed by atoms with Crippen LogP contribution in [0.25, 0.3) is 5.69 Å². The van der Waals surface area contributed by atoms with Crippen LogP contribution in [-0.2, 0) is 0 Å². The third-order valence-corrected chi connectivity index (χ3v) is 6.46. The summed E-state index contributed by atoms with van der Waals surface area (Å²) in [6.07, 6.45) is 5.49. The van der Waals surface area contributed by atoms with E-state index < -0.39 is 0 Å². The zero-order chi connectivity index (χ0) is 22.2. The van der Waals surface area contributed by atoms with Crippen LogP contribution in [0, 0.1) is 13.8 Å². The molecule has 0 aliphatic carbocycles. The van der Waals surface area contributed by atoms with E-state index in [4.69, 9.17) is 23.8 Å². The van der Waals surface area contributed by atoms with Crippen molar-refractivity contribution in [1.29, 1.82) is 0 Å². The summed E-state index contributed by atoms with van der Waals surface area (Å²) in [4.78, 5) is 11.1. The summed E-state index contributed by atoms with van der Waals surface area (Å²) < 4.78 is 2.24. The molecule has 1 fully saturated rings. The van der Waals surface area contributed by atoms with Gasteiger partial charge in [0.25, 0.3) is 0 Å². The first-order chi connectivity index (χ1) is 15.5. The van der Waals surface area contributed by atoms with Crippen LogP contribution in [0.15, 0.2) is 79.3 Å². The average Bonchev–Trinajstić information content (AvgIpc) is 3.31. The molecule has 32 heavy (non-hydrogen) atoms. The van der Waals surface area contributed by atoms with Crippen molar-refractivity contribution in [2.24, 2.45) is 0 Å². The lowest BCUT2D eigenvalue weighted by Gasteiger charge is -2.28. The maximum absolute atomic E-state index is 6.16. The fraction of sp³-hybridized carbons (Fsp3) is 0.160. The number of hydrogen-bond donors (Lipinski definition) is 1. The summed E-state index contributed by atoms with van der Waals surface area (Å²) in [6, 6.07) is 19.9. The molecule has 7 heteroatoms. The molecule has 1 aliphatic heterocycles. The van der Waals surface area contributed by atoms with Crippen LogP contribution in [-0.4, -0.2) is 19.6 Å². The summed E-state index contributed by atoms with van der Waals surface area (Å²) >= 11 is 12.0. The Hall–Kier alpha value is -3.22. The lowest BCUT2D eigenvalue weighted by Crippen LogP contribution is -2.29.